The molecule has 3 heterocycles. The summed E-state index contributed by atoms with van der Waals surface area (Å²) in [5.74, 6) is -0.284. The van der Waals surface area contributed by atoms with Crippen LogP contribution >= 0.6 is 0 Å². The third-order valence-electron chi connectivity index (χ3n) is 4.96. The molecule has 2 aliphatic rings. The van der Waals surface area contributed by atoms with Crippen molar-refractivity contribution in [2.75, 3.05) is 13.1 Å². The smallest absolute Gasteiger partial charge is 0.276 e. The largest absolute Gasteiger partial charge is 0.334 e. The molecule has 2 saturated heterocycles. The van der Waals surface area contributed by atoms with E-state index in [0.29, 0.717) is 12.8 Å². The fourth-order valence-electron chi connectivity index (χ4n) is 3.75. The van der Waals surface area contributed by atoms with Gasteiger partial charge in [0.25, 0.3) is 11.6 Å². The standard InChI is InChI=1S/C15H16N6O5S/c22-15(14-7-16-18-17-14)19-8-11-1-2-12(9-19)20(11)27(25,26)13-5-3-10(4-6-13)21(23)24/h3-7,11-12H,1-2,8-9H2,(H,16,17,18). The number of amides is 1. The third kappa shape index (κ3) is 2.96. The molecule has 27 heavy (non-hydrogen) atoms. The minimum Gasteiger partial charge on any atom is -0.334 e. The Morgan fingerprint density at radius 3 is 2.33 bits per heavy atom. The van der Waals surface area contributed by atoms with Crippen molar-refractivity contribution in [1.82, 2.24) is 24.6 Å². The molecule has 2 aromatic rings. The maximum atomic E-state index is 13.1. The number of carbonyl (C=O) groups is 1. The van der Waals surface area contributed by atoms with Gasteiger partial charge in [0.1, 0.15) is 0 Å². The van der Waals surface area contributed by atoms with Crippen LogP contribution in [-0.4, -0.2) is 69.0 Å². The summed E-state index contributed by atoms with van der Waals surface area (Å²) >= 11 is 0. The molecule has 2 fully saturated rings. The van der Waals surface area contributed by atoms with Crippen molar-refractivity contribution in [2.24, 2.45) is 0 Å². The molecule has 0 radical (unpaired) electrons. The number of H-pyrrole nitrogens is 1. The molecule has 142 valence electrons. The van der Waals surface area contributed by atoms with Gasteiger partial charge >= 0.3 is 0 Å². The monoisotopic (exact) mass is 392 g/mol. The molecule has 1 amide bonds. The normalized spacial score (nSPS) is 22.7. The highest BCUT2D eigenvalue weighted by atomic mass is 32.2. The number of carbonyl (C=O) groups excluding carboxylic acids is 1. The molecular formula is C15H16N6O5S. The molecule has 2 unspecified atom stereocenters. The fourth-order valence-corrected chi connectivity index (χ4v) is 5.60. The highest BCUT2D eigenvalue weighted by Gasteiger charge is 2.48. The van der Waals surface area contributed by atoms with E-state index >= 15 is 0 Å². The number of benzene rings is 1. The second-order valence-electron chi connectivity index (χ2n) is 6.54. The van der Waals surface area contributed by atoms with Gasteiger partial charge in [-0.05, 0) is 25.0 Å². The molecule has 12 heteroatoms. The predicted octanol–water partition coefficient (Wildman–Crippen LogP) is 0.391. The first-order chi connectivity index (χ1) is 12.9. The molecule has 1 N–H and O–H groups in total. The van der Waals surface area contributed by atoms with Crippen LogP contribution < -0.4 is 0 Å². The summed E-state index contributed by atoms with van der Waals surface area (Å²) in [5.41, 5.74) is 0.0287. The van der Waals surface area contributed by atoms with Gasteiger partial charge in [0.2, 0.25) is 10.0 Å². The molecule has 0 aliphatic carbocycles. The number of sulfonamides is 1. The maximum absolute atomic E-state index is 13.1. The second kappa shape index (κ2) is 6.39. The molecule has 2 atom stereocenters. The summed E-state index contributed by atoms with van der Waals surface area (Å²) in [6, 6.07) is 4.19. The van der Waals surface area contributed by atoms with E-state index in [9.17, 15) is 23.3 Å². The first kappa shape index (κ1) is 17.5. The van der Waals surface area contributed by atoms with E-state index < -0.39 is 14.9 Å². The minimum atomic E-state index is -3.80. The zero-order valence-corrected chi connectivity index (χ0v) is 14.9. The number of non-ortho nitro benzene ring substituents is 1. The van der Waals surface area contributed by atoms with Crippen LogP contribution in [0, 0.1) is 10.1 Å². The van der Waals surface area contributed by atoms with Crippen molar-refractivity contribution in [2.45, 2.75) is 29.8 Å². The summed E-state index contributed by atoms with van der Waals surface area (Å²) < 4.78 is 27.6. The number of rotatable bonds is 4. The van der Waals surface area contributed by atoms with Crippen LogP contribution in [-0.2, 0) is 10.0 Å². The summed E-state index contributed by atoms with van der Waals surface area (Å²) in [7, 11) is -3.80. The number of hydrogen-bond donors (Lipinski definition) is 1. The molecule has 4 rings (SSSR count). The number of fused-ring (bicyclic) bond motifs is 2. The van der Waals surface area contributed by atoms with Crippen LogP contribution in [0.3, 0.4) is 0 Å². The number of nitro groups is 1. The number of nitro benzene ring substituents is 1. The molecule has 2 aliphatic heterocycles. The van der Waals surface area contributed by atoms with Crippen molar-refractivity contribution in [3.05, 3.63) is 46.3 Å². The Morgan fingerprint density at radius 2 is 1.81 bits per heavy atom. The first-order valence-electron chi connectivity index (χ1n) is 8.31. The van der Waals surface area contributed by atoms with E-state index in [1.54, 1.807) is 4.90 Å². The van der Waals surface area contributed by atoms with E-state index in [-0.39, 0.29) is 47.4 Å². The zero-order chi connectivity index (χ0) is 19.2. The van der Waals surface area contributed by atoms with E-state index in [1.165, 1.54) is 34.8 Å². The van der Waals surface area contributed by atoms with E-state index in [2.05, 4.69) is 15.4 Å². The topological polar surface area (TPSA) is 142 Å². The number of piperazine rings is 1. The highest BCUT2D eigenvalue weighted by Crippen LogP contribution is 2.36. The van der Waals surface area contributed by atoms with Crippen molar-refractivity contribution in [3.8, 4) is 0 Å². The van der Waals surface area contributed by atoms with Gasteiger partial charge in [-0.15, -0.1) is 0 Å². The van der Waals surface area contributed by atoms with E-state index in [0.717, 1.165) is 0 Å². The van der Waals surface area contributed by atoms with E-state index in [4.69, 9.17) is 0 Å². The average molecular weight is 392 g/mol. The Hall–Kier alpha value is -2.86. The number of aromatic nitrogens is 3. The number of nitrogens with zero attached hydrogens (tertiary/aromatic N) is 5. The molecule has 0 spiro atoms. The summed E-state index contributed by atoms with van der Waals surface area (Å²) in [6.45, 7) is 0.544. The lowest BCUT2D eigenvalue weighted by molar-refractivity contribution is -0.384. The van der Waals surface area contributed by atoms with Crippen molar-refractivity contribution in [3.63, 3.8) is 0 Å². The van der Waals surface area contributed by atoms with Crippen LogP contribution in [0.2, 0.25) is 0 Å². The number of aromatic amines is 1. The molecule has 11 nitrogen and oxygen atoms in total. The fraction of sp³-hybridized carbons (Fsp3) is 0.400. The Labute approximate surface area is 154 Å². The van der Waals surface area contributed by atoms with Gasteiger partial charge in [-0.3, -0.25) is 14.9 Å². The quantitative estimate of drug-likeness (QED) is 0.586. The molecular weight excluding hydrogens is 376 g/mol. The summed E-state index contributed by atoms with van der Waals surface area (Å²) in [6.07, 6.45) is 2.64. The lowest BCUT2D eigenvalue weighted by Gasteiger charge is -2.39. The summed E-state index contributed by atoms with van der Waals surface area (Å²) in [4.78, 5) is 24.3. The minimum absolute atomic E-state index is 0.0151. The van der Waals surface area contributed by atoms with Crippen LogP contribution in [0.1, 0.15) is 23.3 Å². The number of nitrogens with one attached hydrogen (secondary N) is 1. The van der Waals surface area contributed by atoms with Crippen LogP contribution in [0.15, 0.2) is 35.4 Å². The SMILES string of the molecule is O=C(c1cn[nH]n1)N1CC2CCC(C1)N2S(=O)(=O)c1ccc([N+](=O)[O-])cc1. The predicted molar refractivity (Wildman–Crippen MR) is 91.2 cm³/mol. The van der Waals surface area contributed by atoms with Crippen molar-refractivity contribution >= 4 is 21.6 Å². The van der Waals surface area contributed by atoms with Gasteiger partial charge in [-0.25, -0.2) is 8.42 Å². The lowest BCUT2D eigenvalue weighted by Crippen LogP contribution is -2.57. The number of hydrogen-bond acceptors (Lipinski definition) is 7. The van der Waals surface area contributed by atoms with Gasteiger partial charge in [-0.2, -0.15) is 19.7 Å². The van der Waals surface area contributed by atoms with Crippen LogP contribution in [0.5, 0.6) is 0 Å². The third-order valence-corrected chi connectivity index (χ3v) is 6.98. The van der Waals surface area contributed by atoms with Gasteiger partial charge in [-0.1, -0.05) is 0 Å². The summed E-state index contributed by atoms with van der Waals surface area (Å²) in [5, 5.41) is 20.6. The Balaban J connectivity index is 1.57. The van der Waals surface area contributed by atoms with Crippen LogP contribution in [0.25, 0.3) is 0 Å². The first-order valence-corrected chi connectivity index (χ1v) is 9.75. The Bertz CT molecular complexity index is 961. The van der Waals surface area contributed by atoms with Gasteiger partial charge in [0, 0.05) is 37.3 Å². The van der Waals surface area contributed by atoms with Gasteiger partial charge in [0.05, 0.1) is 16.0 Å². The Kier molecular flexibility index (Phi) is 4.15. The Morgan fingerprint density at radius 1 is 1.19 bits per heavy atom. The molecule has 1 aromatic carbocycles. The molecule has 1 aromatic heterocycles. The van der Waals surface area contributed by atoms with Gasteiger partial charge < -0.3 is 4.90 Å². The van der Waals surface area contributed by atoms with Gasteiger partial charge in [0.15, 0.2) is 5.69 Å². The average Bonchev–Trinajstić information content (AvgIpc) is 3.28. The van der Waals surface area contributed by atoms with Crippen LogP contribution in [0.4, 0.5) is 5.69 Å². The van der Waals surface area contributed by atoms with Crippen molar-refractivity contribution < 1.29 is 18.1 Å². The van der Waals surface area contributed by atoms with Crippen molar-refractivity contribution in [1.29, 1.82) is 0 Å². The zero-order valence-electron chi connectivity index (χ0n) is 14.1. The molecule has 0 saturated carbocycles. The maximum Gasteiger partial charge on any atom is 0.276 e. The van der Waals surface area contributed by atoms with E-state index in [1.807, 2.05) is 0 Å². The highest BCUT2D eigenvalue weighted by molar-refractivity contribution is 7.89. The second-order valence-corrected chi connectivity index (χ2v) is 8.38. The molecule has 2 bridgehead atoms. The number of likely N-dealkylation sites (tertiary alicyclic amines) is 1. The lowest BCUT2D eigenvalue weighted by atomic mass is 10.2.